The zero-order chi connectivity index (χ0) is 21.1. The summed E-state index contributed by atoms with van der Waals surface area (Å²) in [7, 11) is 0. The summed E-state index contributed by atoms with van der Waals surface area (Å²) in [6, 6.07) is 16.3. The van der Waals surface area contributed by atoms with Crippen LogP contribution < -0.4 is 10.5 Å². The standard InChI is InChI=1S/C24H23FN4O/c1-15-9-20(10-16(2)28-15)22-13-27-29-24(22)18-5-6-19(12-26)23(11-18)30-14-17-3-7-21(25)8-4-17/h3-11,13H,12,14,26H2,1-2H3,(H,27,29). The third-order valence-corrected chi connectivity index (χ3v) is 4.90. The highest BCUT2D eigenvalue weighted by Crippen LogP contribution is 2.34. The topological polar surface area (TPSA) is 76.8 Å². The van der Waals surface area contributed by atoms with Gasteiger partial charge in [-0.05, 0) is 55.3 Å². The van der Waals surface area contributed by atoms with Crippen LogP contribution in [-0.2, 0) is 13.2 Å². The van der Waals surface area contributed by atoms with Gasteiger partial charge in [0.2, 0.25) is 0 Å². The van der Waals surface area contributed by atoms with Crippen molar-refractivity contribution in [1.29, 1.82) is 0 Å². The number of nitrogens with one attached hydrogen (secondary N) is 1. The fraction of sp³-hybridized carbons (Fsp3) is 0.167. The molecule has 0 aliphatic rings. The fourth-order valence-corrected chi connectivity index (χ4v) is 3.47. The average Bonchev–Trinajstić information content (AvgIpc) is 3.22. The molecule has 0 spiro atoms. The third-order valence-electron chi connectivity index (χ3n) is 4.90. The van der Waals surface area contributed by atoms with Crippen molar-refractivity contribution in [2.75, 3.05) is 0 Å². The molecule has 2 aromatic heterocycles. The van der Waals surface area contributed by atoms with Gasteiger partial charge in [0.1, 0.15) is 18.2 Å². The Morgan fingerprint density at radius 1 is 0.967 bits per heavy atom. The zero-order valence-electron chi connectivity index (χ0n) is 16.9. The maximum atomic E-state index is 13.1. The molecule has 0 saturated heterocycles. The first-order valence-corrected chi connectivity index (χ1v) is 9.73. The van der Waals surface area contributed by atoms with Gasteiger partial charge in [-0.15, -0.1) is 0 Å². The van der Waals surface area contributed by atoms with E-state index < -0.39 is 0 Å². The van der Waals surface area contributed by atoms with Gasteiger partial charge in [0.05, 0.1) is 5.69 Å². The normalized spacial score (nSPS) is 10.9. The van der Waals surface area contributed by atoms with E-state index in [1.807, 2.05) is 50.4 Å². The summed E-state index contributed by atoms with van der Waals surface area (Å²) in [6.07, 6.45) is 1.89. The van der Waals surface area contributed by atoms with Gasteiger partial charge >= 0.3 is 0 Å². The van der Waals surface area contributed by atoms with Crippen LogP contribution in [-0.4, -0.2) is 15.2 Å². The van der Waals surface area contributed by atoms with E-state index in [-0.39, 0.29) is 5.82 Å². The van der Waals surface area contributed by atoms with Crippen molar-refractivity contribution in [2.45, 2.75) is 27.0 Å². The molecule has 152 valence electrons. The molecule has 0 fully saturated rings. The Hall–Kier alpha value is -3.51. The van der Waals surface area contributed by atoms with Gasteiger partial charge in [0.25, 0.3) is 0 Å². The highest BCUT2D eigenvalue weighted by atomic mass is 19.1. The summed E-state index contributed by atoms with van der Waals surface area (Å²) in [5.41, 5.74) is 13.4. The van der Waals surface area contributed by atoms with Gasteiger partial charge in [-0.25, -0.2) is 4.39 Å². The van der Waals surface area contributed by atoms with Gasteiger partial charge in [-0.3, -0.25) is 10.1 Å². The van der Waals surface area contributed by atoms with E-state index in [0.29, 0.717) is 18.9 Å². The first-order chi connectivity index (χ1) is 14.5. The summed E-state index contributed by atoms with van der Waals surface area (Å²) in [4.78, 5) is 4.45. The molecule has 3 N–H and O–H groups in total. The van der Waals surface area contributed by atoms with Crippen LogP contribution in [0.25, 0.3) is 22.4 Å². The number of hydrogen-bond acceptors (Lipinski definition) is 4. The maximum Gasteiger partial charge on any atom is 0.124 e. The lowest BCUT2D eigenvalue weighted by molar-refractivity contribution is 0.303. The second-order valence-electron chi connectivity index (χ2n) is 7.23. The minimum absolute atomic E-state index is 0.268. The van der Waals surface area contributed by atoms with Gasteiger partial charge in [0, 0.05) is 40.8 Å². The van der Waals surface area contributed by atoms with Crippen LogP contribution in [0.15, 0.2) is 60.8 Å². The molecule has 5 nitrogen and oxygen atoms in total. The van der Waals surface area contributed by atoms with Crippen molar-refractivity contribution >= 4 is 0 Å². The molecule has 2 heterocycles. The first kappa shape index (κ1) is 19.8. The molecule has 0 atom stereocenters. The van der Waals surface area contributed by atoms with E-state index in [1.165, 1.54) is 12.1 Å². The van der Waals surface area contributed by atoms with Crippen molar-refractivity contribution in [3.8, 4) is 28.1 Å². The van der Waals surface area contributed by atoms with E-state index in [0.717, 1.165) is 44.9 Å². The maximum absolute atomic E-state index is 13.1. The summed E-state index contributed by atoms with van der Waals surface area (Å²) in [6.45, 7) is 4.64. The van der Waals surface area contributed by atoms with Crippen molar-refractivity contribution in [1.82, 2.24) is 15.2 Å². The van der Waals surface area contributed by atoms with Gasteiger partial charge in [-0.1, -0.05) is 24.3 Å². The number of aromatic nitrogens is 3. The van der Waals surface area contributed by atoms with Crippen LogP contribution in [0.3, 0.4) is 0 Å². The number of ether oxygens (including phenoxy) is 1. The quantitative estimate of drug-likeness (QED) is 0.479. The largest absolute Gasteiger partial charge is 0.489 e. The molecule has 0 amide bonds. The Labute approximate surface area is 174 Å². The molecule has 4 aromatic rings. The van der Waals surface area contributed by atoms with Crippen molar-refractivity contribution in [3.05, 3.63) is 89.1 Å². The summed E-state index contributed by atoms with van der Waals surface area (Å²) < 4.78 is 19.2. The fourth-order valence-electron chi connectivity index (χ4n) is 3.47. The Bertz CT molecular complexity index is 1150. The smallest absolute Gasteiger partial charge is 0.124 e. The van der Waals surface area contributed by atoms with Gasteiger partial charge in [-0.2, -0.15) is 5.10 Å². The van der Waals surface area contributed by atoms with Crippen LogP contribution in [0.2, 0.25) is 0 Å². The lowest BCUT2D eigenvalue weighted by Gasteiger charge is -2.13. The number of nitrogens with zero attached hydrogens (tertiary/aromatic N) is 2. The van der Waals surface area contributed by atoms with E-state index in [9.17, 15) is 4.39 Å². The molecule has 0 unspecified atom stereocenters. The highest BCUT2D eigenvalue weighted by Gasteiger charge is 2.14. The number of nitrogens with two attached hydrogens (primary N) is 1. The van der Waals surface area contributed by atoms with Crippen LogP contribution >= 0.6 is 0 Å². The van der Waals surface area contributed by atoms with Crippen LogP contribution in [0, 0.1) is 19.7 Å². The molecule has 0 bridgehead atoms. The minimum atomic E-state index is -0.268. The summed E-state index contributed by atoms with van der Waals surface area (Å²) >= 11 is 0. The monoisotopic (exact) mass is 402 g/mol. The molecule has 4 rings (SSSR count). The molecule has 30 heavy (non-hydrogen) atoms. The predicted octanol–water partition coefficient (Wildman–Crippen LogP) is 4.93. The molecule has 6 heteroatoms. The van der Waals surface area contributed by atoms with E-state index in [1.54, 1.807) is 12.1 Å². The number of H-pyrrole nitrogens is 1. The lowest BCUT2D eigenvalue weighted by atomic mass is 10.00. The molecule has 0 aliphatic carbocycles. The van der Waals surface area contributed by atoms with Gasteiger partial charge in [0.15, 0.2) is 0 Å². The van der Waals surface area contributed by atoms with Crippen LogP contribution in [0.4, 0.5) is 4.39 Å². The minimum Gasteiger partial charge on any atom is -0.489 e. The number of hydrogen-bond donors (Lipinski definition) is 2. The van der Waals surface area contributed by atoms with Crippen molar-refractivity contribution in [2.24, 2.45) is 5.73 Å². The zero-order valence-corrected chi connectivity index (χ0v) is 16.9. The Morgan fingerprint density at radius 3 is 2.40 bits per heavy atom. The molecule has 2 aromatic carbocycles. The number of halogens is 1. The second kappa shape index (κ2) is 8.47. The van der Waals surface area contributed by atoms with Crippen molar-refractivity contribution in [3.63, 3.8) is 0 Å². The summed E-state index contributed by atoms with van der Waals surface area (Å²) in [5.74, 6) is 0.423. The van der Waals surface area contributed by atoms with E-state index >= 15 is 0 Å². The molecule has 0 saturated carbocycles. The molecular formula is C24H23FN4O. The Kier molecular flexibility index (Phi) is 5.59. The van der Waals surface area contributed by atoms with Crippen molar-refractivity contribution < 1.29 is 9.13 Å². The van der Waals surface area contributed by atoms with E-state index in [4.69, 9.17) is 10.5 Å². The molecule has 0 aliphatic heterocycles. The van der Waals surface area contributed by atoms with Gasteiger partial charge < -0.3 is 10.5 Å². The molecule has 0 radical (unpaired) electrons. The number of rotatable bonds is 6. The lowest BCUT2D eigenvalue weighted by Crippen LogP contribution is -2.03. The molecular weight excluding hydrogens is 379 g/mol. The van der Waals surface area contributed by atoms with Crippen LogP contribution in [0.5, 0.6) is 5.75 Å². The first-order valence-electron chi connectivity index (χ1n) is 9.73. The Balaban J connectivity index is 1.67. The number of pyridine rings is 1. The Morgan fingerprint density at radius 2 is 1.70 bits per heavy atom. The predicted molar refractivity (Wildman–Crippen MR) is 115 cm³/mol. The highest BCUT2D eigenvalue weighted by molar-refractivity contribution is 5.81. The number of aromatic amines is 1. The second-order valence-corrected chi connectivity index (χ2v) is 7.23. The third kappa shape index (κ3) is 4.23. The SMILES string of the molecule is Cc1cc(-c2c[nH]nc2-c2ccc(CN)c(OCc3ccc(F)cc3)c2)cc(C)n1. The number of benzene rings is 2. The number of aryl methyl sites for hydroxylation is 2. The van der Waals surface area contributed by atoms with Crippen LogP contribution in [0.1, 0.15) is 22.5 Å². The summed E-state index contributed by atoms with van der Waals surface area (Å²) in [5, 5.41) is 7.45. The van der Waals surface area contributed by atoms with E-state index in [2.05, 4.69) is 15.2 Å². The average molecular weight is 402 g/mol.